The summed E-state index contributed by atoms with van der Waals surface area (Å²) in [5, 5.41) is 18.4. The van der Waals surface area contributed by atoms with Crippen LogP contribution in [-0.4, -0.2) is 47.0 Å². The number of hydrogen-bond donors (Lipinski definition) is 2. The SMILES string of the molecule is CC(C)CN1C[C@@H](O)[C@@H](O)C1. The largest absolute Gasteiger partial charge is 0.389 e. The van der Waals surface area contributed by atoms with Crippen molar-refractivity contribution in [2.24, 2.45) is 5.92 Å². The third-order valence-electron chi connectivity index (χ3n) is 1.96. The van der Waals surface area contributed by atoms with Crippen molar-refractivity contribution >= 4 is 0 Å². The third kappa shape index (κ3) is 2.43. The fourth-order valence-corrected chi connectivity index (χ4v) is 1.51. The Balaban J connectivity index is 2.29. The first-order chi connectivity index (χ1) is 5.09. The van der Waals surface area contributed by atoms with Crippen LogP contribution in [0.2, 0.25) is 0 Å². The summed E-state index contributed by atoms with van der Waals surface area (Å²) in [5.41, 5.74) is 0. The van der Waals surface area contributed by atoms with Crippen LogP contribution in [0.15, 0.2) is 0 Å². The van der Waals surface area contributed by atoms with Crippen LogP contribution in [0, 0.1) is 5.92 Å². The van der Waals surface area contributed by atoms with Crippen molar-refractivity contribution in [3.05, 3.63) is 0 Å². The molecule has 3 nitrogen and oxygen atoms in total. The van der Waals surface area contributed by atoms with Crippen molar-refractivity contribution in [3.63, 3.8) is 0 Å². The van der Waals surface area contributed by atoms with E-state index in [-0.39, 0.29) is 0 Å². The number of aliphatic hydroxyl groups is 2. The van der Waals surface area contributed by atoms with Crippen LogP contribution in [-0.2, 0) is 0 Å². The Bertz CT molecular complexity index is 115. The van der Waals surface area contributed by atoms with Crippen LogP contribution in [0.5, 0.6) is 0 Å². The van der Waals surface area contributed by atoms with E-state index in [2.05, 4.69) is 18.7 Å². The van der Waals surface area contributed by atoms with Crippen LogP contribution < -0.4 is 0 Å². The Kier molecular flexibility index (Phi) is 2.87. The maximum absolute atomic E-state index is 9.19. The molecular formula is C8H17NO2. The second-order valence-electron chi connectivity index (χ2n) is 3.75. The van der Waals surface area contributed by atoms with Crippen molar-refractivity contribution < 1.29 is 10.2 Å². The maximum atomic E-state index is 9.19. The summed E-state index contributed by atoms with van der Waals surface area (Å²) in [6, 6.07) is 0. The van der Waals surface area contributed by atoms with E-state index in [9.17, 15) is 10.2 Å². The maximum Gasteiger partial charge on any atom is 0.0938 e. The standard InChI is InChI=1S/C8H17NO2/c1-6(2)3-9-4-7(10)8(11)5-9/h6-8,10-11H,3-5H2,1-2H3/t7-,8+. The van der Waals surface area contributed by atoms with Gasteiger partial charge in [0.2, 0.25) is 0 Å². The molecule has 1 aliphatic heterocycles. The average Bonchev–Trinajstić information content (AvgIpc) is 2.10. The molecule has 1 rings (SSSR count). The Morgan fingerprint density at radius 1 is 1.27 bits per heavy atom. The molecule has 0 aromatic carbocycles. The minimum Gasteiger partial charge on any atom is -0.389 e. The second kappa shape index (κ2) is 3.52. The van der Waals surface area contributed by atoms with Gasteiger partial charge in [0.1, 0.15) is 0 Å². The summed E-state index contributed by atoms with van der Waals surface area (Å²) in [6.07, 6.45) is -1.07. The molecule has 0 aliphatic carbocycles. The van der Waals surface area contributed by atoms with E-state index in [0.29, 0.717) is 19.0 Å². The van der Waals surface area contributed by atoms with E-state index < -0.39 is 12.2 Å². The number of hydrogen-bond acceptors (Lipinski definition) is 3. The molecule has 1 aliphatic rings. The van der Waals surface area contributed by atoms with Gasteiger partial charge in [0.05, 0.1) is 12.2 Å². The Morgan fingerprint density at radius 3 is 2.09 bits per heavy atom. The van der Waals surface area contributed by atoms with Crippen molar-refractivity contribution in [1.29, 1.82) is 0 Å². The lowest BCUT2D eigenvalue weighted by Gasteiger charge is -2.16. The van der Waals surface area contributed by atoms with Crippen LogP contribution in [0.3, 0.4) is 0 Å². The molecule has 0 unspecified atom stereocenters. The molecule has 0 radical (unpaired) electrons. The molecule has 11 heavy (non-hydrogen) atoms. The molecule has 1 saturated heterocycles. The molecule has 3 heteroatoms. The van der Waals surface area contributed by atoms with Crippen LogP contribution in [0.25, 0.3) is 0 Å². The highest BCUT2D eigenvalue weighted by Crippen LogP contribution is 2.11. The molecule has 0 spiro atoms. The monoisotopic (exact) mass is 159 g/mol. The van der Waals surface area contributed by atoms with Gasteiger partial charge in [-0.05, 0) is 5.92 Å². The van der Waals surface area contributed by atoms with Gasteiger partial charge >= 0.3 is 0 Å². The van der Waals surface area contributed by atoms with Gasteiger partial charge in [0, 0.05) is 19.6 Å². The van der Waals surface area contributed by atoms with E-state index in [1.807, 2.05) is 0 Å². The zero-order valence-corrected chi connectivity index (χ0v) is 7.20. The third-order valence-corrected chi connectivity index (χ3v) is 1.96. The van der Waals surface area contributed by atoms with Gasteiger partial charge in [0.15, 0.2) is 0 Å². The van der Waals surface area contributed by atoms with Crippen LogP contribution in [0.1, 0.15) is 13.8 Å². The molecule has 1 fully saturated rings. The van der Waals surface area contributed by atoms with E-state index in [4.69, 9.17) is 0 Å². The van der Waals surface area contributed by atoms with Gasteiger partial charge in [-0.15, -0.1) is 0 Å². The summed E-state index contributed by atoms with van der Waals surface area (Å²) in [6.45, 7) is 6.49. The summed E-state index contributed by atoms with van der Waals surface area (Å²) in [5.74, 6) is 0.604. The van der Waals surface area contributed by atoms with Crippen molar-refractivity contribution in [1.82, 2.24) is 4.90 Å². The Labute approximate surface area is 67.6 Å². The minimum atomic E-state index is -0.534. The first-order valence-corrected chi connectivity index (χ1v) is 4.18. The summed E-state index contributed by atoms with van der Waals surface area (Å²) in [4.78, 5) is 2.10. The predicted octanol–water partition coefficient (Wildman–Crippen LogP) is -0.320. The molecule has 0 bridgehead atoms. The quantitative estimate of drug-likeness (QED) is 0.580. The Hall–Kier alpha value is -0.120. The highest BCUT2D eigenvalue weighted by molar-refractivity contribution is 4.83. The summed E-state index contributed by atoms with van der Waals surface area (Å²) >= 11 is 0. The first-order valence-electron chi connectivity index (χ1n) is 4.18. The molecule has 0 amide bonds. The van der Waals surface area contributed by atoms with Gasteiger partial charge in [-0.2, -0.15) is 0 Å². The van der Waals surface area contributed by atoms with E-state index in [0.717, 1.165) is 6.54 Å². The number of aliphatic hydroxyl groups excluding tert-OH is 2. The molecule has 0 saturated carbocycles. The average molecular weight is 159 g/mol. The fourth-order valence-electron chi connectivity index (χ4n) is 1.51. The second-order valence-corrected chi connectivity index (χ2v) is 3.75. The van der Waals surface area contributed by atoms with Gasteiger partial charge in [-0.25, -0.2) is 0 Å². The van der Waals surface area contributed by atoms with E-state index in [1.165, 1.54) is 0 Å². The van der Waals surface area contributed by atoms with E-state index >= 15 is 0 Å². The number of β-amino-alcohol motifs (C(OH)–C–C–N with tert-alkyl or cyclic N) is 2. The van der Waals surface area contributed by atoms with Gasteiger partial charge in [-0.3, -0.25) is 4.90 Å². The van der Waals surface area contributed by atoms with Crippen LogP contribution in [0.4, 0.5) is 0 Å². The summed E-state index contributed by atoms with van der Waals surface area (Å²) in [7, 11) is 0. The van der Waals surface area contributed by atoms with Gasteiger partial charge in [0.25, 0.3) is 0 Å². The van der Waals surface area contributed by atoms with E-state index in [1.54, 1.807) is 0 Å². The van der Waals surface area contributed by atoms with Crippen molar-refractivity contribution in [3.8, 4) is 0 Å². The number of rotatable bonds is 2. The predicted molar refractivity (Wildman–Crippen MR) is 43.3 cm³/mol. The van der Waals surface area contributed by atoms with Crippen molar-refractivity contribution in [2.75, 3.05) is 19.6 Å². The lowest BCUT2D eigenvalue weighted by molar-refractivity contribution is 0.0572. The highest BCUT2D eigenvalue weighted by atomic mass is 16.3. The molecule has 2 atom stereocenters. The number of likely N-dealkylation sites (tertiary alicyclic amines) is 1. The molecule has 1 heterocycles. The van der Waals surface area contributed by atoms with Crippen molar-refractivity contribution in [2.45, 2.75) is 26.1 Å². The highest BCUT2D eigenvalue weighted by Gasteiger charge is 2.29. The molecule has 2 N–H and O–H groups in total. The molecule has 0 aromatic rings. The Morgan fingerprint density at radius 2 is 1.73 bits per heavy atom. The molecule has 0 aromatic heterocycles. The van der Waals surface area contributed by atoms with Gasteiger partial charge < -0.3 is 10.2 Å². The topological polar surface area (TPSA) is 43.7 Å². The molecular weight excluding hydrogens is 142 g/mol. The smallest absolute Gasteiger partial charge is 0.0938 e. The zero-order valence-electron chi connectivity index (χ0n) is 7.20. The normalized spacial score (nSPS) is 33.5. The first kappa shape index (κ1) is 8.97. The zero-order chi connectivity index (χ0) is 8.43. The number of nitrogens with zero attached hydrogens (tertiary/aromatic N) is 1. The van der Waals surface area contributed by atoms with Gasteiger partial charge in [-0.1, -0.05) is 13.8 Å². The lowest BCUT2D eigenvalue weighted by atomic mass is 10.2. The minimum absolute atomic E-state index is 0.534. The molecule has 66 valence electrons. The lowest BCUT2D eigenvalue weighted by Crippen LogP contribution is -2.26. The van der Waals surface area contributed by atoms with Crippen LogP contribution >= 0.6 is 0 Å². The summed E-state index contributed by atoms with van der Waals surface area (Å²) < 4.78 is 0. The fraction of sp³-hybridized carbons (Fsp3) is 1.00.